The minimum atomic E-state index is -0.818. The molecule has 80 valence electrons. The van der Waals surface area contributed by atoms with Gasteiger partial charge >= 0.3 is 6.03 Å². The Morgan fingerprint density at radius 1 is 1.47 bits per heavy atom. The summed E-state index contributed by atoms with van der Waals surface area (Å²) in [4.78, 5) is 20.8. The van der Waals surface area contributed by atoms with Crippen LogP contribution in [0.25, 0.3) is 0 Å². The topological polar surface area (TPSA) is 87.8 Å². The Labute approximate surface area is 87.0 Å². The molecular formula is C9H12N4O2. The maximum Gasteiger partial charge on any atom is 0.332 e. The highest BCUT2D eigenvalue weighted by Crippen LogP contribution is 2.05. The van der Waals surface area contributed by atoms with Crippen LogP contribution >= 0.6 is 0 Å². The van der Waals surface area contributed by atoms with E-state index in [0.29, 0.717) is 0 Å². The summed E-state index contributed by atoms with van der Waals surface area (Å²) in [6.45, 7) is 2.15. The summed E-state index contributed by atoms with van der Waals surface area (Å²) in [6.07, 6.45) is 0. The van der Waals surface area contributed by atoms with Crippen molar-refractivity contribution in [1.29, 1.82) is 0 Å². The number of nitrogens with one attached hydrogen (secondary N) is 1. The van der Waals surface area contributed by atoms with E-state index < -0.39 is 6.03 Å². The van der Waals surface area contributed by atoms with Crippen molar-refractivity contribution in [3.63, 3.8) is 0 Å². The lowest BCUT2D eigenvalue weighted by Gasteiger charge is -2.14. The molecule has 0 aliphatic carbocycles. The first-order valence-corrected chi connectivity index (χ1v) is 4.34. The molecule has 0 aliphatic heterocycles. The Morgan fingerprint density at radius 2 is 2.07 bits per heavy atom. The van der Waals surface area contributed by atoms with Gasteiger partial charge in [-0.25, -0.2) is 10.2 Å². The van der Waals surface area contributed by atoms with Crippen LogP contribution in [0, 0.1) is 11.8 Å². The SMILES string of the molecule is Cc1ccc(CN(N=O)NC(N)=O)cc1. The number of carbonyl (C=O) groups excluding carboxylic acids is 1. The summed E-state index contributed by atoms with van der Waals surface area (Å²) in [7, 11) is 0. The summed E-state index contributed by atoms with van der Waals surface area (Å²) in [6, 6.07) is 6.68. The van der Waals surface area contributed by atoms with Gasteiger partial charge in [-0.15, -0.1) is 4.91 Å². The van der Waals surface area contributed by atoms with Crippen molar-refractivity contribution in [2.75, 3.05) is 0 Å². The average Bonchev–Trinajstić information content (AvgIpc) is 2.19. The van der Waals surface area contributed by atoms with E-state index in [4.69, 9.17) is 5.73 Å². The van der Waals surface area contributed by atoms with Gasteiger partial charge in [0, 0.05) is 0 Å². The quantitative estimate of drug-likeness (QED) is 0.572. The van der Waals surface area contributed by atoms with E-state index >= 15 is 0 Å². The van der Waals surface area contributed by atoms with Crippen LogP contribution in [0.5, 0.6) is 0 Å². The molecule has 1 rings (SSSR count). The number of nitrogens with zero attached hydrogens (tertiary/aromatic N) is 2. The van der Waals surface area contributed by atoms with Gasteiger partial charge in [0.05, 0.1) is 11.8 Å². The second-order valence-corrected chi connectivity index (χ2v) is 3.10. The zero-order chi connectivity index (χ0) is 11.3. The predicted molar refractivity (Wildman–Crippen MR) is 55.2 cm³/mol. The normalized spacial score (nSPS) is 9.40. The number of nitroso groups, excluding NO2 is 1. The molecule has 0 bridgehead atoms. The first kappa shape index (κ1) is 11.0. The first-order chi connectivity index (χ1) is 7.11. The fraction of sp³-hybridized carbons (Fsp3) is 0.222. The molecule has 0 saturated carbocycles. The number of hydrogen-bond donors (Lipinski definition) is 2. The first-order valence-electron chi connectivity index (χ1n) is 4.34. The van der Waals surface area contributed by atoms with Crippen molar-refractivity contribution in [3.8, 4) is 0 Å². The standard InChI is InChI=1S/C9H12N4O2/c1-7-2-4-8(5-3-7)6-13(12-15)11-9(10)14/h2-5H,6H2,1H3,(H3,10,11,14). The lowest BCUT2D eigenvalue weighted by molar-refractivity contribution is 0.180. The van der Waals surface area contributed by atoms with Gasteiger partial charge in [0.25, 0.3) is 0 Å². The van der Waals surface area contributed by atoms with Gasteiger partial charge in [0.2, 0.25) is 0 Å². The van der Waals surface area contributed by atoms with Crippen LogP contribution in [0.4, 0.5) is 4.79 Å². The predicted octanol–water partition coefficient (Wildman–Crippen LogP) is 1.06. The van der Waals surface area contributed by atoms with Crippen molar-refractivity contribution >= 4 is 6.03 Å². The molecule has 0 fully saturated rings. The van der Waals surface area contributed by atoms with E-state index in [-0.39, 0.29) is 6.54 Å². The monoisotopic (exact) mass is 208 g/mol. The zero-order valence-corrected chi connectivity index (χ0v) is 8.30. The Bertz CT molecular complexity index is 350. The summed E-state index contributed by atoms with van der Waals surface area (Å²) in [5.74, 6) is 0. The number of urea groups is 1. The van der Waals surface area contributed by atoms with Crippen LogP contribution < -0.4 is 11.2 Å². The van der Waals surface area contributed by atoms with Gasteiger partial charge in [-0.1, -0.05) is 29.8 Å². The van der Waals surface area contributed by atoms with E-state index in [9.17, 15) is 9.70 Å². The minimum absolute atomic E-state index is 0.187. The highest BCUT2D eigenvalue weighted by Gasteiger charge is 2.05. The number of hydrogen-bond acceptors (Lipinski definition) is 3. The number of nitrogens with two attached hydrogens (primary N) is 1. The third-order valence-corrected chi connectivity index (χ3v) is 1.79. The molecule has 6 nitrogen and oxygen atoms in total. The lowest BCUT2D eigenvalue weighted by atomic mass is 10.1. The zero-order valence-electron chi connectivity index (χ0n) is 8.30. The third kappa shape index (κ3) is 3.63. The van der Waals surface area contributed by atoms with E-state index in [0.717, 1.165) is 16.2 Å². The van der Waals surface area contributed by atoms with E-state index in [1.807, 2.05) is 31.2 Å². The van der Waals surface area contributed by atoms with Crippen molar-refractivity contribution in [1.82, 2.24) is 10.5 Å². The molecule has 0 radical (unpaired) electrons. The van der Waals surface area contributed by atoms with Crippen molar-refractivity contribution < 1.29 is 4.79 Å². The highest BCUT2D eigenvalue weighted by molar-refractivity contribution is 5.70. The maximum absolute atomic E-state index is 10.5. The summed E-state index contributed by atoms with van der Waals surface area (Å²) in [5, 5.41) is 3.46. The second-order valence-electron chi connectivity index (χ2n) is 3.10. The summed E-state index contributed by atoms with van der Waals surface area (Å²) >= 11 is 0. The van der Waals surface area contributed by atoms with E-state index in [2.05, 4.69) is 10.7 Å². The second kappa shape index (κ2) is 4.94. The molecule has 0 unspecified atom stereocenters. The molecule has 1 aromatic carbocycles. The molecule has 1 aromatic rings. The molecule has 0 heterocycles. The number of benzene rings is 1. The average molecular weight is 208 g/mol. The number of aryl methyl sites for hydroxylation is 1. The minimum Gasteiger partial charge on any atom is -0.350 e. The molecule has 0 spiro atoms. The van der Waals surface area contributed by atoms with Gasteiger partial charge in [-0.3, -0.25) is 0 Å². The molecule has 0 aromatic heterocycles. The molecule has 15 heavy (non-hydrogen) atoms. The largest absolute Gasteiger partial charge is 0.350 e. The van der Waals surface area contributed by atoms with Crippen molar-refractivity contribution in [2.24, 2.45) is 11.0 Å². The number of hydrazine groups is 1. The molecular weight excluding hydrogens is 196 g/mol. The van der Waals surface area contributed by atoms with Gasteiger partial charge in [-0.2, -0.15) is 5.12 Å². The van der Waals surface area contributed by atoms with E-state index in [1.165, 1.54) is 0 Å². The van der Waals surface area contributed by atoms with Crippen LogP contribution in [-0.4, -0.2) is 11.1 Å². The number of rotatable bonds is 4. The van der Waals surface area contributed by atoms with E-state index in [1.54, 1.807) is 0 Å². The number of primary amides is 1. The molecule has 3 N–H and O–H groups in total. The fourth-order valence-electron chi connectivity index (χ4n) is 1.08. The lowest BCUT2D eigenvalue weighted by Crippen LogP contribution is -2.41. The van der Waals surface area contributed by atoms with Gasteiger partial charge in [-0.05, 0) is 12.5 Å². The summed E-state index contributed by atoms with van der Waals surface area (Å²) < 4.78 is 0. The number of carbonyl (C=O) groups is 1. The Morgan fingerprint density at radius 3 is 2.53 bits per heavy atom. The molecule has 0 saturated heterocycles. The van der Waals surface area contributed by atoms with Crippen LogP contribution in [0.2, 0.25) is 0 Å². The third-order valence-electron chi connectivity index (χ3n) is 1.79. The smallest absolute Gasteiger partial charge is 0.332 e. The number of amides is 2. The molecule has 0 aliphatic rings. The van der Waals surface area contributed by atoms with Crippen molar-refractivity contribution in [2.45, 2.75) is 13.5 Å². The Hall–Kier alpha value is -2.11. The summed E-state index contributed by atoms with van der Waals surface area (Å²) in [5.41, 5.74) is 8.92. The van der Waals surface area contributed by atoms with Crippen LogP contribution in [0.3, 0.4) is 0 Å². The molecule has 0 atom stereocenters. The van der Waals surface area contributed by atoms with Gasteiger partial charge < -0.3 is 5.73 Å². The van der Waals surface area contributed by atoms with Gasteiger partial charge in [0.1, 0.15) is 0 Å². The van der Waals surface area contributed by atoms with Crippen molar-refractivity contribution in [3.05, 3.63) is 40.3 Å². The Balaban J connectivity index is 2.62. The molecule has 2 amide bonds. The van der Waals surface area contributed by atoms with Gasteiger partial charge in [0.15, 0.2) is 0 Å². The fourth-order valence-corrected chi connectivity index (χ4v) is 1.08. The molecule has 6 heteroatoms. The van der Waals surface area contributed by atoms with Crippen LogP contribution in [-0.2, 0) is 6.54 Å². The maximum atomic E-state index is 10.5. The van der Waals surface area contributed by atoms with Crippen LogP contribution in [0.15, 0.2) is 29.6 Å². The van der Waals surface area contributed by atoms with Crippen LogP contribution in [0.1, 0.15) is 11.1 Å². The highest BCUT2D eigenvalue weighted by atomic mass is 16.3. The Kier molecular flexibility index (Phi) is 3.61.